The first-order valence-electron chi connectivity index (χ1n) is 32.7. The summed E-state index contributed by atoms with van der Waals surface area (Å²) in [5, 5.41) is 54.5. The van der Waals surface area contributed by atoms with Crippen molar-refractivity contribution in [2.24, 2.45) is 0 Å². The highest BCUT2D eigenvalue weighted by atomic mass is 16.7. The second-order valence-electron chi connectivity index (χ2n) is 22.4. The molecule has 0 aliphatic carbocycles. The Morgan fingerprint density at radius 3 is 1.37 bits per heavy atom. The molecule has 1 fully saturated rings. The van der Waals surface area contributed by atoms with Crippen molar-refractivity contribution in [1.29, 1.82) is 0 Å². The second-order valence-corrected chi connectivity index (χ2v) is 22.4. The summed E-state index contributed by atoms with van der Waals surface area (Å²) in [6, 6.07) is -0.841. The topological polar surface area (TPSA) is 175 Å². The summed E-state index contributed by atoms with van der Waals surface area (Å²) in [5.74, 6) is -0.217. The Hall–Kier alpha value is -2.90. The fourth-order valence-corrected chi connectivity index (χ4v) is 9.77. The number of hydrogen-bond acceptors (Lipinski definition) is 10. The van der Waals surface area contributed by atoms with E-state index in [9.17, 15) is 35.1 Å². The summed E-state index contributed by atoms with van der Waals surface area (Å²) < 4.78 is 16.7. The molecule has 79 heavy (non-hydrogen) atoms. The van der Waals surface area contributed by atoms with E-state index in [4.69, 9.17) is 14.2 Å². The number of nitrogens with one attached hydrogen (secondary N) is 1. The van der Waals surface area contributed by atoms with Crippen LogP contribution in [0.4, 0.5) is 0 Å². The molecule has 0 spiro atoms. The molecular weight excluding hydrogens is 991 g/mol. The lowest BCUT2D eigenvalue weighted by atomic mass is 9.99. The molecule has 1 aliphatic heterocycles. The molecule has 1 heterocycles. The molecule has 11 nitrogen and oxygen atoms in total. The number of rotatable bonds is 56. The lowest BCUT2D eigenvalue weighted by Gasteiger charge is -2.40. The van der Waals surface area contributed by atoms with Crippen molar-refractivity contribution in [2.75, 3.05) is 19.8 Å². The number of esters is 1. The van der Waals surface area contributed by atoms with Crippen molar-refractivity contribution in [3.05, 3.63) is 72.9 Å². The number of carbonyl (C=O) groups excluding carboxylic acids is 2. The molecule has 0 aromatic rings. The van der Waals surface area contributed by atoms with Gasteiger partial charge in [0.2, 0.25) is 5.91 Å². The van der Waals surface area contributed by atoms with Gasteiger partial charge in [-0.1, -0.05) is 234 Å². The first-order chi connectivity index (χ1) is 38.7. The number of hydrogen-bond donors (Lipinski definition) is 6. The van der Waals surface area contributed by atoms with E-state index in [0.717, 1.165) is 96.3 Å². The number of unbranched alkanes of at least 4 members (excludes halogenated alkanes) is 32. The Morgan fingerprint density at radius 1 is 0.468 bits per heavy atom. The van der Waals surface area contributed by atoms with Crippen LogP contribution in [0.25, 0.3) is 0 Å². The third-order valence-corrected chi connectivity index (χ3v) is 15.0. The normalized spacial score (nSPS) is 18.9. The lowest BCUT2D eigenvalue weighted by Crippen LogP contribution is -2.60. The van der Waals surface area contributed by atoms with E-state index in [1.165, 1.54) is 161 Å². The standard InChI is InChI=1S/C68H121NO10/c1-3-5-7-9-11-13-15-16-28-31-35-38-42-46-50-54-61(71)60(59-78-68-67(76)66(75)65(74)62(58-70)79-68)69-63(72)55-51-47-43-39-36-32-29-26-24-22-20-18-17-19-21-23-25-27-30-33-37-41-45-49-53-57-77-64(73)56-52-48-44-40-34-14-12-10-8-6-4-2/h10,12,15-16,18-21,35,38,50,54,60-62,65-68,70-71,74-76H,3-9,11,13-14,17,22-34,36-37,39-49,51-53,55-59H2,1-2H3,(H,69,72)/b12-10-,16-15+,20-18-,21-19-,38-35+,54-50+. The highest BCUT2D eigenvalue weighted by molar-refractivity contribution is 5.76. The second kappa shape index (κ2) is 56.9. The maximum absolute atomic E-state index is 13.1. The summed E-state index contributed by atoms with van der Waals surface area (Å²) in [5.41, 5.74) is 0. The van der Waals surface area contributed by atoms with Crippen LogP contribution >= 0.6 is 0 Å². The number of amides is 1. The van der Waals surface area contributed by atoms with Crippen molar-refractivity contribution >= 4 is 11.9 Å². The predicted octanol–water partition coefficient (Wildman–Crippen LogP) is 16.0. The average molecular weight is 1110 g/mol. The Labute approximate surface area is 483 Å². The molecule has 0 aromatic heterocycles. The van der Waals surface area contributed by atoms with Crippen LogP contribution in [0.15, 0.2) is 72.9 Å². The zero-order valence-corrected chi connectivity index (χ0v) is 50.6. The fraction of sp³-hybridized carbons (Fsp3) is 0.794. The number of carbonyl (C=O) groups is 2. The largest absolute Gasteiger partial charge is 0.466 e. The summed E-state index contributed by atoms with van der Waals surface area (Å²) in [6.45, 7) is 4.27. The smallest absolute Gasteiger partial charge is 0.305 e. The van der Waals surface area contributed by atoms with E-state index in [1.54, 1.807) is 6.08 Å². The monoisotopic (exact) mass is 1110 g/mol. The third-order valence-electron chi connectivity index (χ3n) is 15.0. The molecule has 0 saturated carbocycles. The minimum absolute atomic E-state index is 0.0141. The average Bonchev–Trinajstić information content (AvgIpc) is 3.46. The number of allylic oxidation sites excluding steroid dienone is 11. The van der Waals surface area contributed by atoms with Crippen LogP contribution in [-0.4, -0.2) is 100 Å². The minimum Gasteiger partial charge on any atom is -0.466 e. The van der Waals surface area contributed by atoms with E-state index in [2.05, 4.69) is 79.9 Å². The van der Waals surface area contributed by atoms with Gasteiger partial charge in [-0.05, 0) is 109 Å². The van der Waals surface area contributed by atoms with E-state index in [1.807, 2.05) is 6.08 Å². The molecule has 1 aliphatic rings. The van der Waals surface area contributed by atoms with Gasteiger partial charge in [0.15, 0.2) is 6.29 Å². The van der Waals surface area contributed by atoms with Gasteiger partial charge in [0.05, 0.1) is 32.0 Å². The Morgan fingerprint density at radius 2 is 0.873 bits per heavy atom. The van der Waals surface area contributed by atoms with Crippen LogP contribution in [0.5, 0.6) is 0 Å². The van der Waals surface area contributed by atoms with Gasteiger partial charge in [0.25, 0.3) is 0 Å². The Kier molecular flexibility index (Phi) is 53.4. The molecule has 0 radical (unpaired) electrons. The van der Waals surface area contributed by atoms with E-state index in [-0.39, 0.29) is 18.5 Å². The van der Waals surface area contributed by atoms with Crippen molar-refractivity contribution in [2.45, 2.75) is 326 Å². The van der Waals surface area contributed by atoms with Crippen LogP contribution in [0, 0.1) is 0 Å². The van der Waals surface area contributed by atoms with Crippen LogP contribution in [-0.2, 0) is 23.8 Å². The van der Waals surface area contributed by atoms with E-state index < -0.39 is 49.5 Å². The van der Waals surface area contributed by atoms with Gasteiger partial charge < -0.3 is 45.1 Å². The maximum Gasteiger partial charge on any atom is 0.305 e. The van der Waals surface area contributed by atoms with Gasteiger partial charge in [-0.3, -0.25) is 9.59 Å². The molecular formula is C68H121NO10. The van der Waals surface area contributed by atoms with Crippen LogP contribution < -0.4 is 5.32 Å². The first kappa shape index (κ1) is 74.1. The van der Waals surface area contributed by atoms with Crippen LogP contribution in [0.1, 0.15) is 284 Å². The molecule has 7 unspecified atom stereocenters. The molecule has 0 aromatic carbocycles. The maximum atomic E-state index is 13.1. The third kappa shape index (κ3) is 46.3. The molecule has 1 saturated heterocycles. The SMILES string of the molecule is CCCC/C=C\CCCCCCCC(=O)OCCCCCCCCCCC/C=C\C/C=C\CCCCCCCCCCCC(=O)NC(COC1OC(CO)C(O)C(O)C1O)C(O)/C=C/CC/C=C/CC/C=C/CCCCCCC. The van der Waals surface area contributed by atoms with Gasteiger partial charge in [-0.25, -0.2) is 0 Å². The minimum atomic E-state index is -1.58. The van der Waals surface area contributed by atoms with Crippen molar-refractivity contribution < 1.29 is 49.3 Å². The molecule has 0 bridgehead atoms. The molecule has 7 atom stereocenters. The lowest BCUT2D eigenvalue weighted by molar-refractivity contribution is -0.302. The summed E-state index contributed by atoms with van der Waals surface area (Å²) in [6.07, 6.45) is 65.7. The summed E-state index contributed by atoms with van der Waals surface area (Å²) >= 11 is 0. The number of ether oxygens (including phenoxy) is 3. The van der Waals surface area contributed by atoms with Gasteiger partial charge in [-0.2, -0.15) is 0 Å². The highest BCUT2D eigenvalue weighted by Crippen LogP contribution is 2.23. The quantitative estimate of drug-likeness (QED) is 0.0195. The summed E-state index contributed by atoms with van der Waals surface area (Å²) in [4.78, 5) is 25.1. The number of aliphatic hydroxyl groups excluding tert-OH is 5. The van der Waals surface area contributed by atoms with Gasteiger partial charge in [0.1, 0.15) is 24.4 Å². The van der Waals surface area contributed by atoms with Crippen molar-refractivity contribution in [3.63, 3.8) is 0 Å². The first-order valence-corrected chi connectivity index (χ1v) is 32.7. The van der Waals surface area contributed by atoms with Gasteiger partial charge in [-0.15, -0.1) is 0 Å². The van der Waals surface area contributed by atoms with Crippen molar-refractivity contribution in [1.82, 2.24) is 5.32 Å². The molecule has 11 heteroatoms. The Balaban J connectivity index is 2.09. The zero-order chi connectivity index (χ0) is 57.3. The predicted molar refractivity (Wildman–Crippen MR) is 329 cm³/mol. The molecule has 6 N–H and O–H groups in total. The van der Waals surface area contributed by atoms with E-state index >= 15 is 0 Å². The van der Waals surface area contributed by atoms with Gasteiger partial charge >= 0.3 is 5.97 Å². The Bertz CT molecular complexity index is 1540. The van der Waals surface area contributed by atoms with Crippen LogP contribution in [0.2, 0.25) is 0 Å². The molecule has 1 amide bonds. The van der Waals surface area contributed by atoms with Crippen LogP contribution in [0.3, 0.4) is 0 Å². The molecule has 1 rings (SSSR count). The van der Waals surface area contributed by atoms with Gasteiger partial charge in [0, 0.05) is 12.8 Å². The van der Waals surface area contributed by atoms with Crippen molar-refractivity contribution in [3.8, 4) is 0 Å². The summed E-state index contributed by atoms with van der Waals surface area (Å²) in [7, 11) is 0. The zero-order valence-electron chi connectivity index (χ0n) is 50.6. The number of aliphatic hydroxyl groups is 5. The fourth-order valence-electron chi connectivity index (χ4n) is 9.77. The highest BCUT2D eigenvalue weighted by Gasteiger charge is 2.44. The van der Waals surface area contributed by atoms with E-state index in [0.29, 0.717) is 19.4 Å². The molecule has 458 valence electrons.